The summed E-state index contributed by atoms with van der Waals surface area (Å²) < 4.78 is 0. The van der Waals surface area contributed by atoms with Gasteiger partial charge in [0.05, 0.1) is 0 Å². The topological polar surface area (TPSA) is 174 Å². The van der Waals surface area contributed by atoms with Gasteiger partial charge in [-0.25, -0.2) is 30.1 Å². The van der Waals surface area contributed by atoms with E-state index < -0.39 is 11.4 Å². The number of halogens is 3. The molecule has 22 heavy (non-hydrogen) atoms. The van der Waals surface area contributed by atoms with Crippen molar-refractivity contribution in [1.29, 1.82) is 31.6 Å². The van der Waals surface area contributed by atoms with Crippen LogP contribution in [0.1, 0.15) is 8.85 Å². The van der Waals surface area contributed by atoms with Gasteiger partial charge in [0.1, 0.15) is 0 Å². The molecule has 7 nitrogen and oxygen atoms in total. The van der Waals surface area contributed by atoms with Crippen molar-refractivity contribution in [2.24, 2.45) is 0 Å². The third-order valence-corrected chi connectivity index (χ3v) is 0. The second-order valence-corrected chi connectivity index (χ2v) is 6.68. The van der Waals surface area contributed by atoms with Crippen molar-refractivity contribution >= 4 is 105 Å². The van der Waals surface area contributed by atoms with Gasteiger partial charge >= 0.3 is 143 Å². The summed E-state index contributed by atoms with van der Waals surface area (Å²) in [6, 6.07) is 0. The molecular formula is C7H7AlCl3FeK3N6O. The molecule has 0 bridgehead atoms. The Hall–Kier alpha value is 3.73. The van der Waals surface area contributed by atoms with Crippen molar-refractivity contribution in [2.45, 2.75) is 7.43 Å². The van der Waals surface area contributed by atoms with Crippen LogP contribution in [-0.4, -0.2) is 80.0 Å². The van der Waals surface area contributed by atoms with E-state index >= 15 is 0 Å². The Labute approximate surface area is 250 Å². The minimum atomic E-state index is -1.72. The molecule has 0 aliphatic heterocycles. The van der Waals surface area contributed by atoms with Crippen LogP contribution in [0.25, 0.3) is 0 Å². The van der Waals surface area contributed by atoms with Crippen molar-refractivity contribution < 1.29 is 75.4 Å². The zero-order valence-corrected chi connectivity index (χ0v) is 25.1. The van der Waals surface area contributed by atoms with E-state index in [-0.39, 0.29) is 82.8 Å². The summed E-state index contributed by atoms with van der Waals surface area (Å²) in [4.78, 5) is 0. The third kappa shape index (κ3) is 881. The molecule has 15 heteroatoms. The van der Waals surface area contributed by atoms with Crippen LogP contribution >= 0.6 is 30.1 Å². The van der Waals surface area contributed by atoms with Gasteiger partial charge in [-0.2, -0.15) is 0 Å². The molecule has 0 aliphatic rings. The molecule has 0 aliphatic carbocycles. The van der Waals surface area contributed by atoms with Gasteiger partial charge in [0, 0.05) is 0 Å². The first kappa shape index (κ1) is 83.5. The van der Waals surface area contributed by atoms with Crippen molar-refractivity contribution in [3.63, 3.8) is 0 Å². The van der Waals surface area contributed by atoms with Crippen molar-refractivity contribution in [3.05, 3.63) is 39.4 Å². The van der Waals surface area contributed by atoms with Gasteiger partial charge in [0.2, 0.25) is 0 Å². The summed E-state index contributed by atoms with van der Waals surface area (Å²) in [5.74, 6) is 0. The molecule has 0 atom stereocenters. The first-order chi connectivity index (χ1) is 8.73. The van der Waals surface area contributed by atoms with Crippen LogP contribution < -0.4 is 51.4 Å². The summed E-state index contributed by atoms with van der Waals surface area (Å²) in [5.41, 5.74) is 0. The Morgan fingerprint density at radius 2 is 0.636 bits per heavy atom. The quantitative estimate of drug-likeness (QED) is 0.288. The van der Waals surface area contributed by atoms with Crippen LogP contribution in [0, 0.1) is 71.0 Å². The van der Waals surface area contributed by atoms with Crippen LogP contribution in [0.2, 0.25) is 0 Å². The normalized spacial score (nSPS) is 2.14. The molecule has 0 rings (SSSR count). The SMILES string of the molecule is C.O.[C-]#N.[C-]#N.[C-]#N.[C-]#N.[C-]#N.[C-]#N.[Cl][Al]([Cl])[Cl].[Fe+6].[H-].[K+].[K][K]. The number of nitrogens with zero attached hydrogens (tertiary/aromatic N) is 6. The molecule has 0 amide bonds. The fraction of sp³-hybridized carbons (Fsp3) is 0.143. The molecule has 2 N–H and O–H groups in total. The second-order valence-electron chi connectivity index (χ2n) is 0.247. The molecule has 0 radical (unpaired) electrons. The van der Waals surface area contributed by atoms with E-state index in [0.717, 1.165) is 0 Å². The first-order valence-corrected chi connectivity index (χ1v) is 24.2. The monoisotopic (exact) mass is 496 g/mol. The van der Waals surface area contributed by atoms with Crippen LogP contribution in [-0.2, 0) is 17.1 Å². The fourth-order valence-electron chi connectivity index (χ4n) is 0. The van der Waals surface area contributed by atoms with Gasteiger partial charge < -0.3 is 77.9 Å². The van der Waals surface area contributed by atoms with Crippen LogP contribution in [0.5, 0.6) is 0 Å². The Balaban J connectivity index is -0.00000000447. The maximum absolute atomic E-state index is 6.25. The van der Waals surface area contributed by atoms with Gasteiger partial charge in [-0.05, 0) is 0 Å². The molecule has 0 aromatic carbocycles. The number of hydrogen-bond donors (Lipinski definition) is 0. The predicted molar refractivity (Wildman–Crippen MR) is 76.1 cm³/mol. The average molecular weight is 498 g/mol. The van der Waals surface area contributed by atoms with Gasteiger partial charge in [0.15, 0.2) is 0 Å². The summed E-state index contributed by atoms with van der Waals surface area (Å²) in [7, 11) is 14.8. The second kappa shape index (κ2) is 307. The molecule has 0 spiro atoms. The Kier molecular flexibility index (Phi) is 1170. The van der Waals surface area contributed by atoms with Crippen LogP contribution in [0.3, 0.4) is 0 Å². The van der Waals surface area contributed by atoms with Crippen LogP contribution in [0.4, 0.5) is 0 Å². The zero-order valence-electron chi connectivity index (χ0n) is 12.2. The van der Waals surface area contributed by atoms with E-state index in [1.165, 1.54) is 63.2 Å². The molecule has 0 saturated heterocycles. The molecule has 0 heterocycles. The standard InChI is InChI=1S/6CN.CH4.Al.3ClH.Fe.3K.H2O.H/c6*1-2;;;;;;;;;;;/h;;;;;;1H4;;3*1H;;;;;1H2;/q6*-1;;+3;;;;+6;;;+1;;-1/p-3. The summed E-state index contributed by atoms with van der Waals surface area (Å²) in [6.45, 7) is 28.5. The maximum atomic E-state index is 6.25. The Bertz CT molecular complexity index is 164. The molecule has 0 aromatic rings. The molecule has 0 fully saturated rings. The summed E-state index contributed by atoms with van der Waals surface area (Å²) in [6.07, 6.45) is 0. The molecule has 106 valence electrons. The summed E-state index contributed by atoms with van der Waals surface area (Å²) in [5, 5.41) is 37.5. The van der Waals surface area contributed by atoms with Crippen molar-refractivity contribution in [3.8, 4) is 0 Å². The first-order valence-electron chi connectivity index (χ1n) is 3.00. The number of rotatable bonds is 0. The molecule has 0 saturated carbocycles. The van der Waals surface area contributed by atoms with Gasteiger partial charge in [-0.1, -0.05) is 7.43 Å². The van der Waals surface area contributed by atoms with Gasteiger partial charge in [-0.15, -0.1) is 0 Å². The zero-order chi connectivity index (χ0) is 17.6. The van der Waals surface area contributed by atoms with E-state index in [0.29, 0.717) is 0 Å². The van der Waals surface area contributed by atoms with Crippen molar-refractivity contribution in [2.75, 3.05) is 0 Å². The van der Waals surface area contributed by atoms with Gasteiger partial charge in [0.25, 0.3) is 0 Å². The van der Waals surface area contributed by atoms with E-state index in [1.807, 2.05) is 0 Å². The van der Waals surface area contributed by atoms with Gasteiger partial charge in [-0.3, -0.25) is 0 Å². The number of hydrogen-bond acceptors (Lipinski definition) is 6. The fourth-order valence-corrected chi connectivity index (χ4v) is 0. The van der Waals surface area contributed by atoms with E-state index in [2.05, 4.69) is 0 Å². The predicted octanol–water partition coefficient (Wildman–Crippen LogP) is -1.57. The van der Waals surface area contributed by atoms with Crippen LogP contribution in [0.15, 0.2) is 0 Å². The summed E-state index contributed by atoms with van der Waals surface area (Å²) >= 11 is 0.778. The third-order valence-electron chi connectivity index (χ3n) is 0. The molecule has 0 aromatic heterocycles. The van der Waals surface area contributed by atoms with E-state index in [9.17, 15) is 0 Å². The molecule has 0 unspecified atom stereocenters. The Morgan fingerprint density at radius 3 is 0.636 bits per heavy atom. The average Bonchev–Trinajstić information content (AvgIpc) is 2.52. The molecular weight excluding hydrogens is 491 g/mol. The minimum absolute atomic E-state index is 0. The van der Waals surface area contributed by atoms with Crippen molar-refractivity contribution in [1.82, 2.24) is 0 Å². The Morgan fingerprint density at radius 1 is 0.636 bits per heavy atom. The van der Waals surface area contributed by atoms with E-state index in [1.54, 1.807) is 0 Å². The van der Waals surface area contributed by atoms with E-state index in [4.69, 9.17) is 101 Å².